The summed E-state index contributed by atoms with van der Waals surface area (Å²) in [6.45, 7) is 0.223. The Labute approximate surface area is 158 Å². The molecular formula is C19H17F2N3O4. The molecule has 2 amide bonds. The molecular weight excluding hydrogens is 372 g/mol. The Morgan fingerprint density at radius 1 is 1.21 bits per heavy atom. The van der Waals surface area contributed by atoms with Gasteiger partial charge < -0.3 is 19.9 Å². The Hall–Kier alpha value is -3.23. The van der Waals surface area contributed by atoms with Gasteiger partial charge in [0.05, 0.1) is 6.04 Å². The molecule has 2 aromatic rings. The van der Waals surface area contributed by atoms with Gasteiger partial charge in [-0.05, 0) is 18.9 Å². The second-order valence-electron chi connectivity index (χ2n) is 6.94. The van der Waals surface area contributed by atoms with Crippen LogP contribution in [-0.2, 0) is 17.9 Å². The maximum absolute atomic E-state index is 13.7. The Kier molecular flexibility index (Phi) is 4.37. The third kappa shape index (κ3) is 2.92. The predicted molar refractivity (Wildman–Crippen MR) is 93.6 cm³/mol. The number of amides is 2. The molecule has 0 radical (unpaired) electrons. The first-order valence-electron chi connectivity index (χ1n) is 8.83. The number of carbonyl (C=O) groups is 2. The monoisotopic (exact) mass is 389 g/mol. The molecule has 2 atom stereocenters. The molecule has 1 saturated heterocycles. The highest BCUT2D eigenvalue weighted by Crippen LogP contribution is 2.33. The van der Waals surface area contributed by atoms with Crippen molar-refractivity contribution in [3.05, 3.63) is 63.6 Å². The summed E-state index contributed by atoms with van der Waals surface area (Å²) in [5, 5.41) is 12.6. The molecule has 0 aliphatic carbocycles. The Bertz CT molecular complexity index is 1040. The van der Waals surface area contributed by atoms with Crippen LogP contribution in [0.15, 0.2) is 35.3 Å². The maximum Gasteiger partial charge on any atom is 0.275 e. The van der Waals surface area contributed by atoms with Gasteiger partial charge in [0.25, 0.3) is 5.91 Å². The fourth-order valence-corrected chi connectivity index (χ4v) is 3.88. The van der Waals surface area contributed by atoms with Crippen LogP contribution in [0.5, 0.6) is 5.75 Å². The quantitative estimate of drug-likeness (QED) is 0.824. The normalized spacial score (nSPS) is 20.6. The maximum atomic E-state index is 13.7. The highest BCUT2D eigenvalue weighted by Gasteiger charge is 2.45. The fourth-order valence-electron chi connectivity index (χ4n) is 3.88. The van der Waals surface area contributed by atoms with Crippen molar-refractivity contribution >= 4 is 11.8 Å². The van der Waals surface area contributed by atoms with Crippen LogP contribution in [0.4, 0.5) is 8.78 Å². The zero-order valence-corrected chi connectivity index (χ0v) is 14.7. The van der Waals surface area contributed by atoms with Crippen LogP contribution in [0.3, 0.4) is 0 Å². The number of aromatic hydroxyl groups is 1. The summed E-state index contributed by atoms with van der Waals surface area (Å²) < 4.78 is 28.2. The SMILES string of the molecule is O=C(NCc1ccc(F)cc1F)[C@H]1CCC2Cn3ccc(=O)c(O)c3C(=O)N21. The van der Waals surface area contributed by atoms with Gasteiger partial charge in [-0.1, -0.05) is 6.07 Å². The lowest BCUT2D eigenvalue weighted by molar-refractivity contribution is -0.125. The van der Waals surface area contributed by atoms with Crippen molar-refractivity contribution in [1.82, 2.24) is 14.8 Å². The Morgan fingerprint density at radius 2 is 2.00 bits per heavy atom. The lowest BCUT2D eigenvalue weighted by Crippen LogP contribution is -2.53. The largest absolute Gasteiger partial charge is 0.503 e. The molecule has 28 heavy (non-hydrogen) atoms. The summed E-state index contributed by atoms with van der Waals surface area (Å²) in [6.07, 6.45) is 2.45. The fraction of sp³-hybridized carbons (Fsp3) is 0.316. The van der Waals surface area contributed by atoms with Gasteiger partial charge in [-0.2, -0.15) is 0 Å². The Balaban J connectivity index is 1.53. The average Bonchev–Trinajstić information content (AvgIpc) is 3.08. The molecule has 1 fully saturated rings. The van der Waals surface area contributed by atoms with Crippen LogP contribution in [-0.4, -0.2) is 38.5 Å². The minimum Gasteiger partial charge on any atom is -0.503 e. The molecule has 146 valence electrons. The molecule has 3 heterocycles. The molecule has 2 N–H and O–H groups in total. The molecule has 1 aromatic heterocycles. The van der Waals surface area contributed by atoms with E-state index in [1.807, 2.05) is 0 Å². The molecule has 0 bridgehead atoms. The standard InChI is InChI=1S/C19H17F2N3O4/c20-11-2-1-10(13(21)7-11)8-22-18(27)14-4-3-12-9-23-6-5-15(25)17(26)16(23)19(28)24(12)14/h1-2,5-7,12,14,26H,3-4,8-9H2,(H,22,27)/t12?,14-/m1/s1. The highest BCUT2D eigenvalue weighted by atomic mass is 19.1. The molecule has 0 saturated carbocycles. The smallest absolute Gasteiger partial charge is 0.275 e. The summed E-state index contributed by atoms with van der Waals surface area (Å²) >= 11 is 0. The lowest BCUT2D eigenvalue weighted by atomic mass is 10.1. The summed E-state index contributed by atoms with van der Waals surface area (Å²) in [5.41, 5.74) is -0.665. The summed E-state index contributed by atoms with van der Waals surface area (Å²) in [6, 6.07) is 3.25. The second-order valence-corrected chi connectivity index (χ2v) is 6.94. The summed E-state index contributed by atoms with van der Waals surface area (Å²) in [5.74, 6) is -3.16. The van der Waals surface area contributed by atoms with Crippen LogP contribution < -0.4 is 10.7 Å². The molecule has 0 spiro atoms. The van der Waals surface area contributed by atoms with E-state index in [2.05, 4.69) is 5.32 Å². The van der Waals surface area contributed by atoms with Crippen molar-refractivity contribution in [2.75, 3.05) is 0 Å². The number of hydrogen-bond acceptors (Lipinski definition) is 4. The van der Waals surface area contributed by atoms with Crippen LogP contribution in [0.2, 0.25) is 0 Å². The van der Waals surface area contributed by atoms with Crippen LogP contribution in [0.1, 0.15) is 28.9 Å². The highest BCUT2D eigenvalue weighted by molar-refractivity contribution is 5.99. The number of carbonyl (C=O) groups excluding carboxylic acids is 2. The molecule has 2 aliphatic rings. The second kappa shape index (κ2) is 6.74. The molecule has 4 rings (SSSR count). The first-order valence-corrected chi connectivity index (χ1v) is 8.83. The van der Waals surface area contributed by atoms with Gasteiger partial charge in [0.2, 0.25) is 11.3 Å². The van der Waals surface area contributed by atoms with E-state index >= 15 is 0 Å². The van der Waals surface area contributed by atoms with Gasteiger partial charge in [0.15, 0.2) is 11.4 Å². The van der Waals surface area contributed by atoms with Gasteiger partial charge in [-0.3, -0.25) is 14.4 Å². The van der Waals surface area contributed by atoms with Crippen molar-refractivity contribution in [2.45, 2.75) is 38.0 Å². The molecule has 2 aliphatic heterocycles. The number of hydrogen-bond donors (Lipinski definition) is 2. The van der Waals surface area contributed by atoms with Crippen LogP contribution in [0.25, 0.3) is 0 Å². The molecule has 1 unspecified atom stereocenters. The zero-order chi connectivity index (χ0) is 20.0. The minimum atomic E-state index is -0.788. The number of aromatic nitrogens is 1. The third-order valence-corrected chi connectivity index (χ3v) is 5.27. The topological polar surface area (TPSA) is 91.6 Å². The van der Waals surface area contributed by atoms with Gasteiger partial charge in [-0.25, -0.2) is 8.78 Å². The zero-order valence-electron chi connectivity index (χ0n) is 14.7. The number of nitrogens with one attached hydrogen (secondary N) is 1. The van der Waals surface area contributed by atoms with Crippen molar-refractivity contribution < 1.29 is 23.5 Å². The first kappa shape index (κ1) is 18.1. The van der Waals surface area contributed by atoms with E-state index in [0.717, 1.165) is 12.1 Å². The number of rotatable bonds is 3. The number of pyridine rings is 1. The van der Waals surface area contributed by atoms with E-state index in [0.29, 0.717) is 19.4 Å². The predicted octanol–water partition coefficient (Wildman–Crippen LogP) is 1.14. The van der Waals surface area contributed by atoms with E-state index in [4.69, 9.17) is 0 Å². The Morgan fingerprint density at radius 3 is 2.75 bits per heavy atom. The summed E-state index contributed by atoms with van der Waals surface area (Å²) in [4.78, 5) is 38.6. The number of halogens is 2. The summed E-state index contributed by atoms with van der Waals surface area (Å²) in [7, 11) is 0. The first-order chi connectivity index (χ1) is 13.4. The minimum absolute atomic E-state index is 0.129. The van der Waals surface area contributed by atoms with Gasteiger partial charge in [0, 0.05) is 37.0 Å². The van der Waals surface area contributed by atoms with E-state index in [-0.39, 0.29) is 23.8 Å². The van der Waals surface area contributed by atoms with Gasteiger partial charge in [-0.15, -0.1) is 0 Å². The van der Waals surface area contributed by atoms with E-state index in [1.165, 1.54) is 27.8 Å². The van der Waals surface area contributed by atoms with E-state index in [1.54, 1.807) is 0 Å². The lowest BCUT2D eigenvalue weighted by Gasteiger charge is -2.35. The van der Waals surface area contributed by atoms with Crippen molar-refractivity contribution in [1.29, 1.82) is 0 Å². The average molecular weight is 389 g/mol. The van der Waals surface area contributed by atoms with Crippen LogP contribution in [0, 0.1) is 11.6 Å². The van der Waals surface area contributed by atoms with Gasteiger partial charge in [0.1, 0.15) is 17.7 Å². The van der Waals surface area contributed by atoms with E-state index in [9.17, 15) is 28.3 Å². The van der Waals surface area contributed by atoms with Crippen molar-refractivity contribution in [3.63, 3.8) is 0 Å². The van der Waals surface area contributed by atoms with E-state index < -0.39 is 40.7 Å². The molecule has 1 aromatic carbocycles. The van der Waals surface area contributed by atoms with Crippen LogP contribution >= 0.6 is 0 Å². The van der Waals surface area contributed by atoms with Crippen molar-refractivity contribution in [3.8, 4) is 5.75 Å². The number of benzene rings is 1. The number of nitrogens with zero attached hydrogens (tertiary/aromatic N) is 2. The third-order valence-electron chi connectivity index (χ3n) is 5.27. The van der Waals surface area contributed by atoms with Gasteiger partial charge >= 0.3 is 0 Å². The van der Waals surface area contributed by atoms with Crippen molar-refractivity contribution in [2.24, 2.45) is 0 Å². The number of fused-ring (bicyclic) bond motifs is 2. The molecule has 9 heteroatoms. The molecule has 7 nitrogen and oxygen atoms in total.